The number of aromatic nitrogens is 3. The first-order valence-electron chi connectivity index (χ1n) is 12.3. The average molecular weight is 461 g/mol. The highest BCUT2D eigenvalue weighted by molar-refractivity contribution is 5.88. The molecule has 0 radical (unpaired) electrons. The minimum absolute atomic E-state index is 0.101. The van der Waals surface area contributed by atoms with Crippen LogP contribution in [0.1, 0.15) is 37.7 Å². The molecule has 2 N–H and O–H groups in total. The van der Waals surface area contributed by atoms with Crippen LogP contribution in [0.5, 0.6) is 0 Å². The summed E-state index contributed by atoms with van der Waals surface area (Å²) in [5.41, 5.74) is 4.82. The summed E-state index contributed by atoms with van der Waals surface area (Å²) < 4.78 is 5.81. The van der Waals surface area contributed by atoms with E-state index in [1.54, 1.807) is 12.4 Å². The molecule has 3 aromatic rings. The van der Waals surface area contributed by atoms with Crippen LogP contribution in [0.3, 0.4) is 0 Å². The van der Waals surface area contributed by atoms with E-state index in [1.165, 1.54) is 5.56 Å². The van der Waals surface area contributed by atoms with Gasteiger partial charge in [0, 0.05) is 57.1 Å². The van der Waals surface area contributed by atoms with E-state index in [0.29, 0.717) is 18.9 Å². The van der Waals surface area contributed by atoms with Crippen LogP contribution in [0, 0.1) is 0 Å². The molecule has 2 aliphatic rings. The number of hydrogen-bond acceptors (Lipinski definition) is 7. The van der Waals surface area contributed by atoms with E-state index >= 15 is 0 Å². The van der Waals surface area contributed by atoms with E-state index in [1.807, 2.05) is 17.9 Å². The van der Waals surface area contributed by atoms with Crippen LogP contribution in [-0.2, 0) is 9.53 Å². The van der Waals surface area contributed by atoms with Gasteiger partial charge in [0.2, 0.25) is 5.91 Å². The highest BCUT2D eigenvalue weighted by atomic mass is 16.5. The molecular formula is C26H32N6O2. The second-order valence-corrected chi connectivity index (χ2v) is 8.99. The second-order valence-electron chi connectivity index (χ2n) is 8.99. The molecule has 1 atom stereocenters. The predicted molar refractivity (Wildman–Crippen MR) is 133 cm³/mol. The van der Waals surface area contributed by atoms with Gasteiger partial charge in [0.15, 0.2) is 5.82 Å². The number of morpholine rings is 1. The van der Waals surface area contributed by atoms with E-state index < -0.39 is 0 Å². The summed E-state index contributed by atoms with van der Waals surface area (Å²) >= 11 is 0. The number of carbonyl (C=O) groups is 1. The Kier molecular flexibility index (Phi) is 6.97. The number of pyridine rings is 1. The number of nitrogens with one attached hydrogen (secondary N) is 2. The summed E-state index contributed by atoms with van der Waals surface area (Å²) in [6.45, 7) is 6.72. The molecule has 0 saturated carbocycles. The molecule has 34 heavy (non-hydrogen) atoms. The Morgan fingerprint density at radius 2 is 1.97 bits per heavy atom. The molecule has 8 heteroatoms. The predicted octanol–water partition coefficient (Wildman–Crippen LogP) is 3.21. The van der Waals surface area contributed by atoms with Gasteiger partial charge in [-0.3, -0.25) is 9.78 Å². The lowest BCUT2D eigenvalue weighted by atomic mass is 9.88. The third kappa shape index (κ3) is 5.03. The maximum atomic E-state index is 12.0. The van der Waals surface area contributed by atoms with Crippen molar-refractivity contribution in [2.24, 2.45) is 0 Å². The Bertz CT molecular complexity index is 1120. The molecule has 4 heterocycles. The number of fused-ring (bicyclic) bond motifs is 1. The number of carbonyl (C=O) groups excluding carboxylic acids is 1. The molecule has 2 saturated heterocycles. The van der Waals surface area contributed by atoms with Gasteiger partial charge in [-0.25, -0.2) is 9.97 Å². The summed E-state index contributed by atoms with van der Waals surface area (Å²) in [5, 5.41) is 6.79. The van der Waals surface area contributed by atoms with Gasteiger partial charge in [0.05, 0.1) is 23.9 Å². The molecule has 0 aliphatic carbocycles. The van der Waals surface area contributed by atoms with Gasteiger partial charge in [-0.05, 0) is 30.4 Å². The molecule has 0 spiro atoms. The van der Waals surface area contributed by atoms with Gasteiger partial charge in [0.25, 0.3) is 0 Å². The zero-order chi connectivity index (χ0) is 23.3. The van der Waals surface area contributed by atoms with E-state index in [4.69, 9.17) is 9.72 Å². The number of benzene rings is 1. The van der Waals surface area contributed by atoms with Gasteiger partial charge >= 0.3 is 0 Å². The minimum atomic E-state index is 0.101. The number of piperidine rings is 1. The van der Waals surface area contributed by atoms with Crippen molar-refractivity contribution >= 4 is 22.8 Å². The smallest absolute Gasteiger partial charge is 0.222 e. The summed E-state index contributed by atoms with van der Waals surface area (Å²) in [7, 11) is 0. The van der Waals surface area contributed by atoms with Crippen LogP contribution in [0.4, 0.5) is 5.82 Å². The number of nitrogens with zero attached hydrogens (tertiary/aromatic N) is 4. The largest absolute Gasteiger partial charge is 0.374 e. The SMILES string of the molecule is CCC(=O)N1CCC(c2ccc(-c3cc4nccnc4c(NC[C@@H]4CNCCO4)n3)cc2)CC1. The fourth-order valence-electron chi connectivity index (χ4n) is 4.82. The van der Waals surface area contributed by atoms with E-state index in [9.17, 15) is 4.79 Å². The quantitative estimate of drug-likeness (QED) is 0.584. The van der Waals surface area contributed by atoms with Crippen molar-refractivity contribution in [2.75, 3.05) is 44.6 Å². The fourth-order valence-corrected chi connectivity index (χ4v) is 4.82. The normalized spacial score (nSPS) is 19.3. The molecule has 0 unspecified atom stereocenters. The number of rotatable bonds is 6. The van der Waals surface area contributed by atoms with Crippen LogP contribution in [0.2, 0.25) is 0 Å². The van der Waals surface area contributed by atoms with Crippen LogP contribution in [0.25, 0.3) is 22.3 Å². The zero-order valence-corrected chi connectivity index (χ0v) is 19.7. The third-order valence-corrected chi connectivity index (χ3v) is 6.79. The molecular weight excluding hydrogens is 428 g/mol. The maximum Gasteiger partial charge on any atom is 0.222 e. The molecule has 2 aliphatic heterocycles. The van der Waals surface area contributed by atoms with Crippen molar-refractivity contribution in [3.63, 3.8) is 0 Å². The number of hydrogen-bond donors (Lipinski definition) is 2. The molecule has 8 nitrogen and oxygen atoms in total. The molecule has 1 amide bonds. The monoisotopic (exact) mass is 460 g/mol. The second kappa shape index (κ2) is 10.4. The first kappa shape index (κ1) is 22.7. The van der Waals surface area contributed by atoms with Crippen LogP contribution < -0.4 is 10.6 Å². The number of likely N-dealkylation sites (tertiary alicyclic amines) is 1. The van der Waals surface area contributed by atoms with Crippen molar-refractivity contribution in [1.82, 2.24) is 25.2 Å². The lowest BCUT2D eigenvalue weighted by Crippen LogP contribution is -2.42. The Morgan fingerprint density at radius 3 is 2.71 bits per heavy atom. The first-order chi connectivity index (χ1) is 16.7. The Hall–Kier alpha value is -3.10. The Labute approximate surface area is 200 Å². The van der Waals surface area contributed by atoms with Crippen molar-refractivity contribution in [1.29, 1.82) is 0 Å². The average Bonchev–Trinajstić information content (AvgIpc) is 2.92. The number of amides is 1. The number of ether oxygens (including phenoxy) is 1. The minimum Gasteiger partial charge on any atom is -0.374 e. The third-order valence-electron chi connectivity index (χ3n) is 6.79. The first-order valence-corrected chi connectivity index (χ1v) is 12.3. The maximum absolute atomic E-state index is 12.0. The molecule has 2 aromatic heterocycles. The van der Waals surface area contributed by atoms with Gasteiger partial charge in [-0.1, -0.05) is 31.2 Å². The molecule has 2 fully saturated rings. The van der Waals surface area contributed by atoms with E-state index in [2.05, 4.69) is 44.9 Å². The van der Waals surface area contributed by atoms with Gasteiger partial charge in [0.1, 0.15) is 5.52 Å². The topological polar surface area (TPSA) is 92.3 Å². The van der Waals surface area contributed by atoms with E-state index in [-0.39, 0.29) is 12.0 Å². The number of anilines is 1. The summed E-state index contributed by atoms with van der Waals surface area (Å²) in [5.74, 6) is 1.48. The lowest BCUT2D eigenvalue weighted by molar-refractivity contribution is -0.131. The fraction of sp³-hybridized carbons (Fsp3) is 0.462. The van der Waals surface area contributed by atoms with Crippen molar-refractivity contribution in [3.05, 3.63) is 48.3 Å². The zero-order valence-electron chi connectivity index (χ0n) is 19.7. The summed E-state index contributed by atoms with van der Waals surface area (Å²) in [6.07, 6.45) is 6.13. The molecule has 178 valence electrons. The Balaban J connectivity index is 1.33. The summed E-state index contributed by atoms with van der Waals surface area (Å²) in [6, 6.07) is 10.7. The van der Waals surface area contributed by atoms with Crippen LogP contribution >= 0.6 is 0 Å². The molecule has 0 bridgehead atoms. The highest BCUT2D eigenvalue weighted by Gasteiger charge is 2.23. The van der Waals surface area contributed by atoms with Crippen molar-refractivity contribution < 1.29 is 9.53 Å². The highest BCUT2D eigenvalue weighted by Crippen LogP contribution is 2.31. The summed E-state index contributed by atoms with van der Waals surface area (Å²) in [4.78, 5) is 27.9. The van der Waals surface area contributed by atoms with Crippen LogP contribution in [0.15, 0.2) is 42.7 Å². The molecule has 5 rings (SSSR count). The van der Waals surface area contributed by atoms with E-state index in [0.717, 1.165) is 73.7 Å². The standard InChI is InChI=1S/C26H32N6O2/c1-2-24(33)32-12-7-19(8-13-32)18-3-5-20(6-4-18)22-15-23-25(29-10-9-28-23)26(31-22)30-17-21-16-27-11-14-34-21/h3-6,9-10,15,19,21,27H,2,7-8,11-14,16-17H2,1H3,(H,30,31)/t21-/m0/s1. The van der Waals surface area contributed by atoms with Crippen molar-refractivity contribution in [3.8, 4) is 11.3 Å². The van der Waals surface area contributed by atoms with Gasteiger partial charge < -0.3 is 20.3 Å². The Morgan fingerprint density at radius 1 is 1.18 bits per heavy atom. The lowest BCUT2D eigenvalue weighted by Gasteiger charge is -2.32. The van der Waals surface area contributed by atoms with Gasteiger partial charge in [-0.2, -0.15) is 0 Å². The molecule has 1 aromatic carbocycles. The van der Waals surface area contributed by atoms with Crippen LogP contribution in [-0.4, -0.2) is 71.2 Å². The van der Waals surface area contributed by atoms with Crippen molar-refractivity contribution in [2.45, 2.75) is 38.2 Å². The van der Waals surface area contributed by atoms with Gasteiger partial charge in [-0.15, -0.1) is 0 Å².